The molecule has 4 N–H and O–H groups in total. The van der Waals surface area contributed by atoms with E-state index in [-0.39, 0.29) is 0 Å². The van der Waals surface area contributed by atoms with Gasteiger partial charge in [0.1, 0.15) is 11.5 Å². The van der Waals surface area contributed by atoms with Crippen LogP contribution in [0.25, 0.3) is 0 Å². The molecule has 0 amide bonds. The van der Waals surface area contributed by atoms with Gasteiger partial charge < -0.3 is 20.9 Å². The van der Waals surface area contributed by atoms with E-state index in [1.807, 2.05) is 146 Å². The summed E-state index contributed by atoms with van der Waals surface area (Å²) in [6.07, 6.45) is 2.89. The number of rotatable bonds is 8. The van der Waals surface area contributed by atoms with E-state index in [1.165, 1.54) is 0 Å². The van der Waals surface area contributed by atoms with Crippen LogP contribution in [-0.4, -0.2) is 13.2 Å². The molecule has 0 fully saturated rings. The molecular formula is C49H38N2O2. The summed E-state index contributed by atoms with van der Waals surface area (Å²) in [6, 6.07) is 46.7. The zero-order chi connectivity index (χ0) is 36.5. The van der Waals surface area contributed by atoms with Crippen LogP contribution in [0, 0.1) is 47.4 Å². The number of hydrogen-bond acceptors (Lipinski definition) is 4. The smallest absolute Gasteiger partial charge is 0.119 e. The molecule has 6 aromatic rings. The highest BCUT2D eigenvalue weighted by atomic mass is 16.5. The summed E-state index contributed by atoms with van der Waals surface area (Å²) in [5, 5.41) is 0. The van der Waals surface area contributed by atoms with Gasteiger partial charge in [0.2, 0.25) is 0 Å². The largest absolute Gasteiger partial charge is 0.494 e. The molecule has 0 aliphatic carbocycles. The third kappa shape index (κ3) is 10.9. The molecule has 0 aliphatic heterocycles. The number of benzene rings is 6. The number of unbranched alkanes of at least 4 members (excludes halogenated alkanes) is 2. The van der Waals surface area contributed by atoms with Crippen molar-refractivity contribution in [3.8, 4) is 58.9 Å². The quantitative estimate of drug-likeness (QED) is 0.0953. The van der Waals surface area contributed by atoms with E-state index in [1.54, 1.807) is 0 Å². The second-order valence-corrected chi connectivity index (χ2v) is 12.1. The molecule has 0 aliphatic rings. The van der Waals surface area contributed by atoms with Crippen LogP contribution in [0.5, 0.6) is 11.5 Å². The fourth-order valence-corrected chi connectivity index (χ4v) is 5.20. The molecule has 0 bridgehead atoms. The van der Waals surface area contributed by atoms with Gasteiger partial charge in [0.05, 0.1) is 13.2 Å². The maximum atomic E-state index is 6.04. The predicted molar refractivity (Wildman–Crippen MR) is 216 cm³/mol. The first kappa shape index (κ1) is 35.6. The Labute approximate surface area is 312 Å². The van der Waals surface area contributed by atoms with Gasteiger partial charge in [-0.2, -0.15) is 0 Å². The Bertz CT molecular complexity index is 2240. The van der Waals surface area contributed by atoms with Crippen molar-refractivity contribution in [3.63, 3.8) is 0 Å². The highest BCUT2D eigenvalue weighted by molar-refractivity contribution is 5.61. The van der Waals surface area contributed by atoms with Gasteiger partial charge in [0, 0.05) is 55.9 Å². The third-order valence-electron chi connectivity index (χ3n) is 8.16. The summed E-state index contributed by atoms with van der Waals surface area (Å²) in [6.45, 7) is 1.29. The van der Waals surface area contributed by atoms with Gasteiger partial charge in [-0.1, -0.05) is 95.9 Å². The lowest BCUT2D eigenvalue weighted by Gasteiger charge is -2.08. The van der Waals surface area contributed by atoms with Crippen LogP contribution < -0.4 is 20.9 Å². The normalized spacial score (nSPS) is 9.81. The van der Waals surface area contributed by atoms with Crippen molar-refractivity contribution >= 4 is 11.4 Å². The maximum absolute atomic E-state index is 6.04. The van der Waals surface area contributed by atoms with E-state index >= 15 is 0 Å². The molecule has 4 nitrogen and oxygen atoms in total. The molecular weight excluding hydrogens is 649 g/mol. The Kier molecular flexibility index (Phi) is 12.5. The second kappa shape index (κ2) is 18.7. The van der Waals surface area contributed by atoms with E-state index in [0.717, 1.165) is 75.3 Å². The maximum Gasteiger partial charge on any atom is 0.119 e. The molecule has 0 spiro atoms. The monoisotopic (exact) mass is 686 g/mol. The number of nitrogens with two attached hydrogens (primary N) is 2. The number of ether oxygens (including phenoxy) is 2. The van der Waals surface area contributed by atoms with Crippen LogP contribution in [0.2, 0.25) is 0 Å². The van der Waals surface area contributed by atoms with Crippen molar-refractivity contribution < 1.29 is 9.47 Å². The standard InChI is InChI=1S/C49H38N2O2/c50-48-18-8-6-16-44(48)30-28-42-14-4-2-12-40(42)26-20-38-22-32-46(33-23-38)52-36-10-1-11-37-53-47-34-24-39(25-35-47)21-27-41-13-3-5-15-43(41)29-31-45-17-7-9-19-49(45)51/h2-9,12-19,22-25,32-35H,1,10-11,36-37,50-51H2. The minimum absolute atomic E-state index is 0.644. The van der Waals surface area contributed by atoms with Gasteiger partial charge in [-0.25, -0.2) is 0 Å². The Morgan fingerprint density at radius 2 is 0.623 bits per heavy atom. The summed E-state index contributed by atoms with van der Waals surface area (Å²) in [5.74, 6) is 27.4. The molecule has 0 saturated carbocycles. The van der Waals surface area contributed by atoms with Gasteiger partial charge >= 0.3 is 0 Å². The number of hydrogen-bond donors (Lipinski definition) is 2. The number of para-hydroxylation sites is 2. The van der Waals surface area contributed by atoms with E-state index in [4.69, 9.17) is 20.9 Å². The Balaban J connectivity index is 0.909. The van der Waals surface area contributed by atoms with Crippen molar-refractivity contribution in [2.24, 2.45) is 0 Å². The zero-order valence-electron chi connectivity index (χ0n) is 29.4. The topological polar surface area (TPSA) is 70.5 Å². The van der Waals surface area contributed by atoms with Crippen molar-refractivity contribution in [2.75, 3.05) is 24.7 Å². The van der Waals surface area contributed by atoms with E-state index in [2.05, 4.69) is 47.4 Å². The predicted octanol–water partition coefficient (Wildman–Crippen LogP) is 9.08. The molecule has 0 heterocycles. The van der Waals surface area contributed by atoms with E-state index in [0.29, 0.717) is 24.6 Å². The summed E-state index contributed by atoms with van der Waals surface area (Å²) in [5.41, 5.74) is 20.3. The lowest BCUT2D eigenvalue weighted by atomic mass is 10.1. The molecule has 53 heavy (non-hydrogen) atoms. The van der Waals surface area contributed by atoms with Gasteiger partial charge in [-0.05, 0) is 116 Å². The third-order valence-corrected chi connectivity index (χ3v) is 8.16. The SMILES string of the molecule is Nc1ccccc1C#Cc1ccccc1C#Cc1ccc(OCCCCCOc2ccc(C#Cc3ccccc3C#Cc3ccccc3N)cc2)cc1. The molecule has 0 unspecified atom stereocenters. The minimum atomic E-state index is 0.644. The average Bonchev–Trinajstić information content (AvgIpc) is 3.20. The van der Waals surface area contributed by atoms with Crippen molar-refractivity contribution in [2.45, 2.75) is 19.3 Å². The molecule has 0 saturated heterocycles. The van der Waals surface area contributed by atoms with E-state index in [9.17, 15) is 0 Å². The van der Waals surface area contributed by atoms with Gasteiger partial charge in [-0.15, -0.1) is 0 Å². The summed E-state index contributed by atoms with van der Waals surface area (Å²) in [4.78, 5) is 0. The summed E-state index contributed by atoms with van der Waals surface area (Å²) >= 11 is 0. The highest BCUT2D eigenvalue weighted by Gasteiger charge is 2.01. The first-order chi connectivity index (χ1) is 26.1. The van der Waals surface area contributed by atoms with Gasteiger partial charge in [-0.3, -0.25) is 0 Å². The molecule has 6 rings (SSSR count). The van der Waals surface area contributed by atoms with Crippen molar-refractivity contribution in [3.05, 3.63) is 190 Å². The van der Waals surface area contributed by atoms with Crippen molar-refractivity contribution in [1.29, 1.82) is 0 Å². The molecule has 4 heteroatoms. The Morgan fingerprint density at radius 3 is 0.981 bits per heavy atom. The first-order valence-corrected chi connectivity index (χ1v) is 17.5. The van der Waals surface area contributed by atoms with Crippen LogP contribution in [0.1, 0.15) is 63.8 Å². The van der Waals surface area contributed by atoms with Crippen LogP contribution in [-0.2, 0) is 0 Å². The van der Waals surface area contributed by atoms with Crippen LogP contribution in [0.4, 0.5) is 11.4 Å². The second-order valence-electron chi connectivity index (χ2n) is 12.1. The lowest BCUT2D eigenvalue weighted by Crippen LogP contribution is -2.01. The van der Waals surface area contributed by atoms with Gasteiger partial charge in [0.15, 0.2) is 0 Å². The fourth-order valence-electron chi connectivity index (χ4n) is 5.20. The van der Waals surface area contributed by atoms with Crippen LogP contribution in [0.15, 0.2) is 146 Å². The minimum Gasteiger partial charge on any atom is -0.494 e. The Morgan fingerprint density at radius 1 is 0.321 bits per heavy atom. The van der Waals surface area contributed by atoms with Crippen molar-refractivity contribution in [1.82, 2.24) is 0 Å². The Hall–Kier alpha value is -7.24. The number of anilines is 2. The first-order valence-electron chi connectivity index (χ1n) is 17.5. The molecule has 0 radical (unpaired) electrons. The highest BCUT2D eigenvalue weighted by Crippen LogP contribution is 2.16. The summed E-state index contributed by atoms with van der Waals surface area (Å²) < 4.78 is 11.9. The van der Waals surface area contributed by atoms with E-state index < -0.39 is 0 Å². The molecule has 0 aromatic heterocycles. The molecule has 0 atom stereocenters. The van der Waals surface area contributed by atoms with Crippen LogP contribution in [0.3, 0.4) is 0 Å². The zero-order valence-corrected chi connectivity index (χ0v) is 29.4. The molecule has 256 valence electrons. The average molecular weight is 687 g/mol. The van der Waals surface area contributed by atoms with Crippen LogP contribution >= 0.6 is 0 Å². The molecule has 6 aromatic carbocycles. The lowest BCUT2D eigenvalue weighted by molar-refractivity contribution is 0.279. The fraction of sp³-hybridized carbons (Fsp3) is 0.102. The van der Waals surface area contributed by atoms with Gasteiger partial charge in [0.25, 0.3) is 0 Å². The summed E-state index contributed by atoms with van der Waals surface area (Å²) in [7, 11) is 0. The number of nitrogen functional groups attached to an aromatic ring is 2.